The average molecular weight is 249 g/mol. The third-order valence-electron chi connectivity index (χ3n) is 3.95. The largest absolute Gasteiger partial charge is 0.381 e. The van der Waals surface area contributed by atoms with Crippen molar-refractivity contribution < 1.29 is 9.53 Å². The molecule has 5 nitrogen and oxygen atoms in total. The Morgan fingerprint density at radius 1 is 1.44 bits per heavy atom. The number of aromatic nitrogens is 2. The van der Waals surface area contributed by atoms with Crippen molar-refractivity contribution in [1.29, 1.82) is 0 Å². The van der Waals surface area contributed by atoms with Crippen LogP contribution in [-0.2, 0) is 22.5 Å². The van der Waals surface area contributed by atoms with Gasteiger partial charge >= 0.3 is 0 Å². The molecule has 5 heteroatoms. The first kappa shape index (κ1) is 11.7. The summed E-state index contributed by atoms with van der Waals surface area (Å²) >= 11 is 0. The molecular formula is C13H19N3O2. The molecule has 3 heterocycles. The molecule has 0 bridgehead atoms. The lowest BCUT2D eigenvalue weighted by atomic mass is 10.1. The fraction of sp³-hybridized carbons (Fsp3) is 0.692. The monoisotopic (exact) mass is 249 g/mol. The highest BCUT2D eigenvalue weighted by molar-refractivity contribution is 5.73. The van der Waals surface area contributed by atoms with E-state index in [-0.39, 0.29) is 5.91 Å². The number of carbonyl (C=O) groups is 1. The number of hydrogen-bond acceptors (Lipinski definition) is 3. The molecule has 1 fully saturated rings. The van der Waals surface area contributed by atoms with Gasteiger partial charge in [-0.1, -0.05) is 0 Å². The van der Waals surface area contributed by atoms with Crippen LogP contribution in [0.25, 0.3) is 0 Å². The lowest BCUT2D eigenvalue weighted by molar-refractivity contribution is -0.129. The van der Waals surface area contributed by atoms with Crippen LogP contribution in [0.5, 0.6) is 0 Å². The maximum atomic E-state index is 11.4. The highest BCUT2D eigenvalue weighted by Gasteiger charge is 2.25. The SMILES string of the molecule is CC(=O)N1CCc2c(cnn2C2CCOCC2)C1. The Balaban J connectivity index is 1.81. The molecule has 0 aliphatic carbocycles. The van der Waals surface area contributed by atoms with Gasteiger partial charge in [-0.05, 0) is 12.8 Å². The van der Waals surface area contributed by atoms with E-state index >= 15 is 0 Å². The van der Waals surface area contributed by atoms with Gasteiger partial charge in [-0.25, -0.2) is 0 Å². The van der Waals surface area contributed by atoms with E-state index in [1.165, 1.54) is 11.3 Å². The van der Waals surface area contributed by atoms with Crippen LogP contribution in [0.3, 0.4) is 0 Å². The predicted octanol–water partition coefficient (Wildman–Crippen LogP) is 1.14. The summed E-state index contributed by atoms with van der Waals surface area (Å²) in [5, 5.41) is 4.54. The average Bonchev–Trinajstić information content (AvgIpc) is 2.82. The van der Waals surface area contributed by atoms with E-state index in [1.54, 1.807) is 6.92 Å². The highest BCUT2D eigenvalue weighted by atomic mass is 16.5. The third kappa shape index (κ3) is 2.03. The van der Waals surface area contributed by atoms with Crippen LogP contribution >= 0.6 is 0 Å². The normalized spacial score (nSPS) is 20.8. The first-order chi connectivity index (χ1) is 8.75. The quantitative estimate of drug-likeness (QED) is 0.750. The molecule has 0 atom stereocenters. The summed E-state index contributed by atoms with van der Waals surface area (Å²) < 4.78 is 7.57. The van der Waals surface area contributed by atoms with Gasteiger partial charge in [-0.2, -0.15) is 5.10 Å². The molecule has 1 amide bonds. The number of rotatable bonds is 1. The van der Waals surface area contributed by atoms with Crippen molar-refractivity contribution in [3.63, 3.8) is 0 Å². The lowest BCUT2D eigenvalue weighted by Gasteiger charge is -2.29. The fourth-order valence-corrected chi connectivity index (χ4v) is 2.87. The molecule has 0 radical (unpaired) electrons. The van der Waals surface area contributed by atoms with Crippen LogP contribution in [0.4, 0.5) is 0 Å². The van der Waals surface area contributed by atoms with Crippen molar-refractivity contribution in [1.82, 2.24) is 14.7 Å². The molecule has 0 spiro atoms. The number of carbonyl (C=O) groups excluding carboxylic acids is 1. The Labute approximate surface area is 107 Å². The Morgan fingerprint density at radius 3 is 2.94 bits per heavy atom. The summed E-state index contributed by atoms with van der Waals surface area (Å²) in [6, 6.07) is 0.478. The van der Waals surface area contributed by atoms with Crippen molar-refractivity contribution in [2.24, 2.45) is 0 Å². The third-order valence-corrected chi connectivity index (χ3v) is 3.95. The van der Waals surface area contributed by atoms with Gasteiger partial charge in [0, 0.05) is 50.9 Å². The predicted molar refractivity (Wildman–Crippen MR) is 66.1 cm³/mol. The number of fused-ring (bicyclic) bond motifs is 1. The molecule has 0 unspecified atom stereocenters. The van der Waals surface area contributed by atoms with E-state index in [0.717, 1.165) is 39.0 Å². The second kappa shape index (κ2) is 4.72. The van der Waals surface area contributed by atoms with Gasteiger partial charge in [0.05, 0.1) is 12.2 Å². The van der Waals surface area contributed by atoms with Crippen LogP contribution in [0, 0.1) is 0 Å². The van der Waals surface area contributed by atoms with Crippen molar-refractivity contribution >= 4 is 5.91 Å². The minimum Gasteiger partial charge on any atom is -0.381 e. The zero-order chi connectivity index (χ0) is 12.5. The molecule has 2 aliphatic rings. The summed E-state index contributed by atoms with van der Waals surface area (Å²) in [5.41, 5.74) is 2.53. The highest BCUT2D eigenvalue weighted by Crippen LogP contribution is 2.26. The molecule has 98 valence electrons. The fourth-order valence-electron chi connectivity index (χ4n) is 2.87. The van der Waals surface area contributed by atoms with Crippen LogP contribution in [0.15, 0.2) is 6.20 Å². The van der Waals surface area contributed by atoms with E-state index in [0.29, 0.717) is 12.6 Å². The second-order valence-corrected chi connectivity index (χ2v) is 5.10. The van der Waals surface area contributed by atoms with Crippen molar-refractivity contribution in [2.75, 3.05) is 19.8 Å². The molecular weight excluding hydrogens is 230 g/mol. The van der Waals surface area contributed by atoms with Crippen LogP contribution in [0.2, 0.25) is 0 Å². The van der Waals surface area contributed by atoms with Gasteiger partial charge in [0.25, 0.3) is 0 Å². The Morgan fingerprint density at radius 2 is 2.22 bits per heavy atom. The second-order valence-electron chi connectivity index (χ2n) is 5.10. The number of nitrogens with zero attached hydrogens (tertiary/aromatic N) is 3. The Kier molecular flexibility index (Phi) is 3.07. The summed E-state index contributed by atoms with van der Waals surface area (Å²) in [5.74, 6) is 0.152. The summed E-state index contributed by atoms with van der Waals surface area (Å²) in [7, 11) is 0. The van der Waals surface area contributed by atoms with E-state index in [4.69, 9.17) is 4.74 Å². The first-order valence-corrected chi connectivity index (χ1v) is 6.64. The number of hydrogen-bond donors (Lipinski definition) is 0. The first-order valence-electron chi connectivity index (χ1n) is 6.64. The zero-order valence-electron chi connectivity index (χ0n) is 10.8. The maximum absolute atomic E-state index is 11.4. The summed E-state index contributed by atoms with van der Waals surface area (Å²) in [4.78, 5) is 13.3. The minimum absolute atomic E-state index is 0.152. The van der Waals surface area contributed by atoms with Gasteiger partial charge in [-0.3, -0.25) is 9.48 Å². The van der Waals surface area contributed by atoms with Crippen molar-refractivity contribution in [3.05, 3.63) is 17.5 Å². The summed E-state index contributed by atoms with van der Waals surface area (Å²) in [6.07, 6.45) is 4.95. The van der Waals surface area contributed by atoms with Crippen LogP contribution < -0.4 is 0 Å². The molecule has 1 aromatic heterocycles. The maximum Gasteiger partial charge on any atom is 0.219 e. The van der Waals surface area contributed by atoms with E-state index < -0.39 is 0 Å². The van der Waals surface area contributed by atoms with E-state index in [2.05, 4.69) is 9.78 Å². The Hall–Kier alpha value is -1.36. The van der Waals surface area contributed by atoms with Crippen molar-refractivity contribution in [3.8, 4) is 0 Å². The lowest BCUT2D eigenvalue weighted by Crippen LogP contribution is -2.35. The Bertz CT molecular complexity index is 449. The van der Waals surface area contributed by atoms with Gasteiger partial charge in [0.15, 0.2) is 0 Å². The van der Waals surface area contributed by atoms with Gasteiger partial charge < -0.3 is 9.64 Å². The number of ether oxygens (including phenoxy) is 1. The topological polar surface area (TPSA) is 47.4 Å². The molecule has 18 heavy (non-hydrogen) atoms. The molecule has 0 N–H and O–H groups in total. The van der Waals surface area contributed by atoms with Gasteiger partial charge in [0.1, 0.15) is 0 Å². The molecule has 0 saturated carbocycles. The number of amides is 1. The van der Waals surface area contributed by atoms with Crippen molar-refractivity contribution in [2.45, 2.75) is 38.8 Å². The zero-order valence-corrected chi connectivity index (χ0v) is 10.8. The molecule has 1 aromatic rings. The smallest absolute Gasteiger partial charge is 0.219 e. The van der Waals surface area contributed by atoms with E-state index in [1.807, 2.05) is 11.1 Å². The van der Waals surface area contributed by atoms with Crippen LogP contribution in [-0.4, -0.2) is 40.3 Å². The minimum atomic E-state index is 0.152. The summed E-state index contributed by atoms with van der Waals surface area (Å²) in [6.45, 7) is 4.83. The molecule has 1 saturated heterocycles. The molecule has 2 aliphatic heterocycles. The standard InChI is InChI=1S/C13H19N3O2/c1-10(17)15-5-2-13-11(9-15)8-14-16(13)12-3-6-18-7-4-12/h8,12H,2-7,9H2,1H3. The van der Waals surface area contributed by atoms with Gasteiger partial charge in [0.2, 0.25) is 5.91 Å². The molecule has 0 aromatic carbocycles. The van der Waals surface area contributed by atoms with Crippen LogP contribution in [0.1, 0.15) is 37.1 Å². The molecule has 3 rings (SSSR count). The van der Waals surface area contributed by atoms with E-state index in [9.17, 15) is 4.79 Å². The van der Waals surface area contributed by atoms with Gasteiger partial charge in [-0.15, -0.1) is 0 Å².